The van der Waals surface area contributed by atoms with Crippen molar-refractivity contribution in [2.24, 2.45) is 0 Å². The van der Waals surface area contributed by atoms with Crippen LogP contribution in [0.1, 0.15) is 85.9 Å². The highest BCUT2D eigenvalue weighted by Gasteiger charge is 2.35. The summed E-state index contributed by atoms with van der Waals surface area (Å²) in [6.07, 6.45) is -1.22. The molecule has 2 atom stereocenters. The summed E-state index contributed by atoms with van der Waals surface area (Å²) in [5.74, 6) is -1.00. The number of amides is 1. The Morgan fingerprint density at radius 1 is 1.10 bits per heavy atom. The highest BCUT2D eigenvalue weighted by Crippen LogP contribution is 2.40. The van der Waals surface area contributed by atoms with E-state index >= 15 is 0 Å². The molecule has 10 heteroatoms. The van der Waals surface area contributed by atoms with E-state index in [1.807, 2.05) is 19.1 Å². The number of carbonyl (C=O) groups is 1. The highest BCUT2D eigenvalue weighted by atomic mass is 19.4. The van der Waals surface area contributed by atoms with Crippen LogP contribution < -0.4 is 10.4 Å². The molecule has 0 spiro atoms. The van der Waals surface area contributed by atoms with Crippen LogP contribution in [0.5, 0.6) is 0 Å². The second-order valence-electron chi connectivity index (χ2n) is 12.4. The zero-order valence-corrected chi connectivity index (χ0v) is 24.3. The zero-order chi connectivity index (χ0) is 30.4. The van der Waals surface area contributed by atoms with Crippen LogP contribution in [0.2, 0.25) is 0 Å². The Morgan fingerprint density at radius 2 is 1.83 bits per heavy atom. The van der Waals surface area contributed by atoms with E-state index in [0.717, 1.165) is 47.6 Å². The Kier molecular flexibility index (Phi) is 7.85. The smallest absolute Gasteiger partial charge is 0.433 e. The number of carbonyl (C=O) groups excluding carboxylic acids is 1. The molecule has 42 heavy (non-hydrogen) atoms. The Morgan fingerprint density at radius 3 is 2.52 bits per heavy atom. The molecule has 7 nitrogen and oxygen atoms in total. The van der Waals surface area contributed by atoms with E-state index in [4.69, 9.17) is 10.1 Å². The summed E-state index contributed by atoms with van der Waals surface area (Å²) in [5.41, 5.74) is 2.75. The van der Waals surface area contributed by atoms with E-state index in [1.54, 1.807) is 43.9 Å². The van der Waals surface area contributed by atoms with Gasteiger partial charge < -0.3 is 25.5 Å². The van der Waals surface area contributed by atoms with Crippen LogP contribution in [0.15, 0.2) is 36.4 Å². The fraction of sp³-hybridized carbons (Fsp3) is 0.469. The summed E-state index contributed by atoms with van der Waals surface area (Å²) in [5, 5.41) is 24.7. The van der Waals surface area contributed by atoms with Gasteiger partial charge in [-0.25, -0.2) is 9.78 Å². The van der Waals surface area contributed by atoms with Crippen LogP contribution in [-0.4, -0.2) is 40.1 Å². The quantitative estimate of drug-likeness (QED) is 0.264. The molecule has 2 aromatic carbocycles. The molecule has 5 rings (SSSR count). The van der Waals surface area contributed by atoms with Gasteiger partial charge in [0.2, 0.25) is 0 Å². The van der Waals surface area contributed by atoms with Crippen LogP contribution in [0.3, 0.4) is 0 Å². The average molecular weight is 582 g/mol. The monoisotopic (exact) mass is 581 g/mol. The molecule has 2 N–H and O–H groups in total. The van der Waals surface area contributed by atoms with Crippen molar-refractivity contribution in [3.63, 3.8) is 0 Å². The summed E-state index contributed by atoms with van der Waals surface area (Å²) >= 11 is 0. The molecule has 3 aromatic rings. The lowest BCUT2D eigenvalue weighted by molar-refractivity contribution is -0.214. The minimum absolute atomic E-state index is 0.181. The number of nitrogens with zero attached hydrogens (tertiary/aromatic N) is 2. The molecule has 0 radical (unpaired) electrons. The van der Waals surface area contributed by atoms with Gasteiger partial charge in [-0.1, -0.05) is 30.5 Å². The van der Waals surface area contributed by atoms with Crippen LogP contribution in [0.4, 0.5) is 23.7 Å². The van der Waals surface area contributed by atoms with E-state index < -0.39 is 29.5 Å². The van der Waals surface area contributed by atoms with Crippen LogP contribution >= 0.6 is 0 Å². The number of ether oxygens (including phenoxy) is 1. The van der Waals surface area contributed by atoms with Crippen LogP contribution in [0.25, 0.3) is 10.9 Å². The number of hydrogen-bond donors (Lipinski definition) is 2. The minimum Gasteiger partial charge on any atom is -0.859 e. The Balaban J connectivity index is 1.50. The summed E-state index contributed by atoms with van der Waals surface area (Å²) in [6, 6.07) is 9.69. The molecule has 224 valence electrons. The lowest BCUT2D eigenvalue weighted by atomic mass is 9.76. The van der Waals surface area contributed by atoms with Crippen molar-refractivity contribution in [3.8, 4) is 0 Å². The lowest BCUT2D eigenvalue weighted by Crippen LogP contribution is -2.40. The first-order valence-electron chi connectivity index (χ1n) is 14.3. The first-order valence-corrected chi connectivity index (χ1v) is 14.3. The van der Waals surface area contributed by atoms with Gasteiger partial charge in [-0.15, -0.1) is 0 Å². The second-order valence-corrected chi connectivity index (χ2v) is 12.4. The number of nitrogens with one attached hydrogen (secondary N) is 2. The predicted molar refractivity (Wildman–Crippen MR) is 154 cm³/mol. The Labute approximate surface area is 243 Å². The number of pyridine rings is 1. The predicted octanol–water partition coefficient (Wildman–Crippen LogP) is 6.68. The third-order valence-electron chi connectivity index (χ3n) is 8.04. The normalized spacial score (nSPS) is 19.4. The van der Waals surface area contributed by atoms with E-state index in [1.165, 1.54) is 0 Å². The van der Waals surface area contributed by atoms with Gasteiger partial charge in [-0.3, -0.25) is 0 Å². The average Bonchev–Trinajstić information content (AvgIpc) is 2.91. The Hall–Kier alpha value is -3.82. The van der Waals surface area contributed by atoms with Crippen LogP contribution in [-0.2, 0) is 23.9 Å². The SMILES string of the molecule is Cc1ccc2nc(C(F)(F)F)cc(N[C@H]3CCCCC3c3cc4c(cc3C(=N)[O-])CN(C(=O)OC(C)(C)C)CC4)c2c1. The summed E-state index contributed by atoms with van der Waals surface area (Å²) < 4.78 is 46.9. The molecule has 0 saturated heterocycles. The number of rotatable bonds is 4. The number of halogens is 3. The summed E-state index contributed by atoms with van der Waals surface area (Å²) in [4.78, 5) is 18.2. The maximum Gasteiger partial charge on any atom is 0.433 e. The van der Waals surface area contributed by atoms with Crippen LogP contribution in [0, 0.1) is 12.3 Å². The van der Waals surface area contributed by atoms with Gasteiger partial charge in [-0.05, 0) is 99.4 Å². The first kappa shape index (κ1) is 29.7. The number of hydrogen-bond acceptors (Lipinski definition) is 6. The van der Waals surface area contributed by atoms with Gasteiger partial charge >= 0.3 is 12.3 Å². The van der Waals surface area contributed by atoms with Gasteiger partial charge in [0.25, 0.3) is 0 Å². The lowest BCUT2D eigenvalue weighted by Gasteiger charge is -2.37. The van der Waals surface area contributed by atoms with Gasteiger partial charge in [-0.2, -0.15) is 13.2 Å². The number of alkyl halides is 3. The molecular weight excluding hydrogens is 545 g/mol. The van der Waals surface area contributed by atoms with Crippen molar-refractivity contribution >= 4 is 28.6 Å². The van der Waals surface area contributed by atoms with E-state index in [0.29, 0.717) is 30.5 Å². The van der Waals surface area contributed by atoms with Gasteiger partial charge in [0.15, 0.2) is 0 Å². The highest BCUT2D eigenvalue weighted by molar-refractivity contribution is 5.93. The number of aromatic nitrogens is 1. The molecule has 2 aliphatic rings. The molecule has 1 saturated carbocycles. The van der Waals surface area contributed by atoms with Crippen molar-refractivity contribution in [2.75, 3.05) is 11.9 Å². The second kappa shape index (κ2) is 11.1. The molecule has 1 aliphatic heterocycles. The standard InChI is InChI=1S/C32H37F3N4O3/c1-18-9-10-26-24(13-18)27(16-28(38-26)32(33,34)35)37-25-8-6-5-7-21(25)22-14-19-11-12-39(30(41)42-31(2,3)4)17-20(19)15-23(22)29(36)40/h9-10,13-16,21,25H,5-8,11-12,17H2,1-4H3,(H2,36,40)(H,37,38)/p-1/t21?,25-/m0/s1. The minimum atomic E-state index is -4.60. The van der Waals surface area contributed by atoms with Crippen molar-refractivity contribution in [1.82, 2.24) is 9.88 Å². The van der Waals surface area contributed by atoms with Crippen molar-refractivity contribution in [2.45, 2.75) is 90.1 Å². The molecule has 2 heterocycles. The van der Waals surface area contributed by atoms with E-state index in [9.17, 15) is 23.1 Å². The van der Waals surface area contributed by atoms with Gasteiger partial charge in [0.05, 0.1) is 5.52 Å². The van der Waals surface area contributed by atoms with Crippen molar-refractivity contribution < 1.29 is 27.8 Å². The summed E-state index contributed by atoms with van der Waals surface area (Å²) in [7, 11) is 0. The number of benzene rings is 2. The van der Waals surface area contributed by atoms with E-state index in [-0.39, 0.29) is 29.6 Å². The molecule has 1 amide bonds. The molecular formula is C32H36F3N4O3-. The van der Waals surface area contributed by atoms with Gasteiger partial charge in [0.1, 0.15) is 11.3 Å². The topological polar surface area (TPSA) is 101 Å². The van der Waals surface area contributed by atoms with Gasteiger partial charge in [0, 0.05) is 36.1 Å². The third-order valence-corrected chi connectivity index (χ3v) is 8.04. The van der Waals surface area contributed by atoms with Crippen molar-refractivity contribution in [3.05, 3.63) is 69.9 Å². The Bertz CT molecular complexity index is 1530. The molecule has 1 aliphatic carbocycles. The number of aryl methyl sites for hydroxylation is 1. The molecule has 0 bridgehead atoms. The molecule has 1 fully saturated rings. The summed E-state index contributed by atoms with van der Waals surface area (Å²) in [6.45, 7) is 8.04. The maximum atomic E-state index is 13.8. The third kappa shape index (κ3) is 6.32. The fourth-order valence-electron chi connectivity index (χ4n) is 6.09. The maximum absolute atomic E-state index is 13.8. The van der Waals surface area contributed by atoms with Crippen molar-refractivity contribution in [1.29, 1.82) is 5.41 Å². The molecule has 1 unspecified atom stereocenters. The zero-order valence-electron chi connectivity index (χ0n) is 24.3. The van der Waals surface area contributed by atoms with E-state index in [2.05, 4.69) is 10.3 Å². The fourth-order valence-corrected chi connectivity index (χ4v) is 6.09. The first-order chi connectivity index (χ1) is 19.7. The largest absolute Gasteiger partial charge is 0.859 e. The molecule has 1 aromatic heterocycles. The number of anilines is 1. The number of fused-ring (bicyclic) bond motifs is 2.